The third-order valence-corrected chi connectivity index (χ3v) is 5.38. The summed E-state index contributed by atoms with van der Waals surface area (Å²) in [6.07, 6.45) is 0.448. The molecule has 1 atom stereocenters. The molecule has 1 amide bonds. The number of hydrogen-bond acceptors (Lipinski definition) is 7. The van der Waals surface area contributed by atoms with E-state index in [4.69, 9.17) is 15.9 Å². The number of nitrogen functional groups attached to an aromatic ring is 1. The maximum absolute atomic E-state index is 12.3. The molecule has 0 spiro atoms. The van der Waals surface area contributed by atoms with Crippen LogP contribution in [-0.2, 0) is 16.0 Å². The van der Waals surface area contributed by atoms with Crippen molar-refractivity contribution in [3.8, 4) is 11.8 Å². The second kappa shape index (κ2) is 9.80. The molecule has 0 radical (unpaired) electrons. The van der Waals surface area contributed by atoms with Gasteiger partial charge in [-0.25, -0.2) is 4.79 Å². The fourth-order valence-corrected chi connectivity index (χ4v) is 3.64. The summed E-state index contributed by atoms with van der Waals surface area (Å²) in [5.74, 6) is 2.91. The highest BCUT2D eigenvalue weighted by Gasteiger charge is 2.22. The Hall–Kier alpha value is -4.11. The fourth-order valence-electron chi connectivity index (χ4n) is 2.85. The summed E-state index contributed by atoms with van der Waals surface area (Å²) in [6.45, 7) is 0. The van der Waals surface area contributed by atoms with E-state index in [1.807, 2.05) is 0 Å². The van der Waals surface area contributed by atoms with E-state index >= 15 is 0 Å². The van der Waals surface area contributed by atoms with Crippen molar-refractivity contribution < 1.29 is 24.6 Å². The number of aromatic amines is 2. The number of aliphatic carboxylic acids is 2. The molecular weight excluding hydrogens is 438 g/mol. The highest BCUT2D eigenvalue weighted by molar-refractivity contribution is 7.14. The zero-order valence-corrected chi connectivity index (χ0v) is 17.4. The fraction of sp³-hybridized carbons (Fsp3) is 0.250. The molecule has 0 saturated carbocycles. The van der Waals surface area contributed by atoms with Gasteiger partial charge < -0.3 is 26.2 Å². The smallest absolute Gasteiger partial charge is 0.326 e. The third-order valence-electron chi connectivity index (χ3n) is 4.38. The largest absolute Gasteiger partial charge is 0.481 e. The Morgan fingerprint density at radius 2 is 2.03 bits per heavy atom. The Balaban J connectivity index is 1.58. The predicted octanol–water partition coefficient (Wildman–Crippen LogP) is 0.927. The van der Waals surface area contributed by atoms with Crippen LogP contribution in [-0.4, -0.2) is 49.1 Å². The summed E-state index contributed by atoms with van der Waals surface area (Å²) >= 11 is 1.10. The van der Waals surface area contributed by atoms with E-state index in [1.54, 1.807) is 12.1 Å². The summed E-state index contributed by atoms with van der Waals surface area (Å²) in [5.41, 5.74) is 6.39. The molecule has 0 bridgehead atoms. The van der Waals surface area contributed by atoms with Gasteiger partial charge in [0, 0.05) is 18.5 Å². The predicted molar refractivity (Wildman–Crippen MR) is 116 cm³/mol. The highest BCUT2D eigenvalue weighted by atomic mass is 32.1. The van der Waals surface area contributed by atoms with Crippen molar-refractivity contribution in [3.63, 3.8) is 0 Å². The summed E-state index contributed by atoms with van der Waals surface area (Å²) < 4.78 is 0. The molecule has 12 heteroatoms. The summed E-state index contributed by atoms with van der Waals surface area (Å²) in [7, 11) is 0. The number of nitrogens with zero attached hydrogens (tertiary/aromatic N) is 1. The molecule has 0 saturated heterocycles. The second-order valence-electron chi connectivity index (χ2n) is 6.77. The van der Waals surface area contributed by atoms with Crippen molar-refractivity contribution in [1.29, 1.82) is 0 Å². The lowest BCUT2D eigenvalue weighted by molar-refractivity contribution is -0.140. The molecule has 166 valence electrons. The number of aromatic nitrogens is 3. The minimum Gasteiger partial charge on any atom is -0.481 e. The van der Waals surface area contributed by atoms with E-state index < -0.39 is 23.9 Å². The maximum Gasteiger partial charge on any atom is 0.326 e. The summed E-state index contributed by atoms with van der Waals surface area (Å²) in [5, 5.41) is 20.6. The van der Waals surface area contributed by atoms with Gasteiger partial charge in [-0.3, -0.25) is 19.4 Å². The second-order valence-corrected chi connectivity index (χ2v) is 7.85. The van der Waals surface area contributed by atoms with Crippen molar-refractivity contribution >= 4 is 46.2 Å². The van der Waals surface area contributed by atoms with Gasteiger partial charge in [-0.2, -0.15) is 4.98 Å². The molecule has 0 unspecified atom stereocenters. The van der Waals surface area contributed by atoms with Crippen molar-refractivity contribution in [3.05, 3.63) is 44.0 Å². The number of amides is 1. The van der Waals surface area contributed by atoms with Gasteiger partial charge in [-0.1, -0.05) is 11.8 Å². The molecule has 3 rings (SSSR count). The first-order valence-corrected chi connectivity index (χ1v) is 10.3. The van der Waals surface area contributed by atoms with Gasteiger partial charge in [0.15, 0.2) is 0 Å². The van der Waals surface area contributed by atoms with E-state index in [1.165, 1.54) is 6.07 Å². The van der Waals surface area contributed by atoms with E-state index in [-0.39, 0.29) is 29.2 Å². The standard InChI is InChI=1S/C20H19N5O6S/c21-20-24-16-12(17(28)25-20)9-10(22-16)3-1-2-4-11-5-7-14(32-11)18(29)23-13(19(30)31)6-8-15(26)27/h5,7,9,13H,1,3,6,8H2,(H,23,29)(H,26,27)(H,30,31)(H4,21,22,24,25,28)/t13-/m0/s1. The average Bonchev–Trinajstić information content (AvgIpc) is 3.35. The minimum atomic E-state index is -1.30. The van der Waals surface area contributed by atoms with Gasteiger partial charge in [-0.05, 0) is 31.0 Å². The van der Waals surface area contributed by atoms with Gasteiger partial charge >= 0.3 is 11.9 Å². The van der Waals surface area contributed by atoms with Crippen LogP contribution in [0.15, 0.2) is 23.0 Å². The monoisotopic (exact) mass is 457 g/mol. The van der Waals surface area contributed by atoms with Crippen molar-refractivity contribution in [2.75, 3.05) is 5.73 Å². The zero-order valence-electron chi connectivity index (χ0n) is 16.6. The van der Waals surface area contributed by atoms with Crippen molar-refractivity contribution in [2.45, 2.75) is 31.7 Å². The molecule has 0 fully saturated rings. The number of nitrogens with two attached hydrogens (primary N) is 1. The molecule has 3 heterocycles. The molecule has 3 aromatic heterocycles. The minimum absolute atomic E-state index is 0.0322. The number of thiophene rings is 1. The van der Waals surface area contributed by atoms with Crippen LogP contribution in [0.5, 0.6) is 0 Å². The number of H-pyrrole nitrogens is 2. The number of nitrogens with one attached hydrogen (secondary N) is 3. The lowest BCUT2D eigenvalue weighted by Crippen LogP contribution is -2.40. The van der Waals surface area contributed by atoms with Crippen LogP contribution in [0.25, 0.3) is 11.0 Å². The summed E-state index contributed by atoms with van der Waals surface area (Å²) in [6, 6.07) is 3.58. The molecule has 11 nitrogen and oxygen atoms in total. The first-order chi connectivity index (χ1) is 15.2. The van der Waals surface area contributed by atoms with Gasteiger partial charge in [0.05, 0.1) is 15.1 Å². The quantitative estimate of drug-likeness (QED) is 0.269. The SMILES string of the molecule is Nc1nc2[nH]c(CCC#Cc3ccc(C(=O)N[C@@H](CCC(=O)O)C(=O)O)s3)cc2c(=O)[nH]1. The number of rotatable bonds is 8. The van der Waals surface area contributed by atoms with Gasteiger partial charge in [0.1, 0.15) is 11.7 Å². The van der Waals surface area contributed by atoms with Crippen LogP contribution in [0, 0.1) is 11.8 Å². The Morgan fingerprint density at radius 1 is 1.25 bits per heavy atom. The number of anilines is 1. The average molecular weight is 457 g/mol. The van der Waals surface area contributed by atoms with Crippen LogP contribution in [0.1, 0.15) is 39.5 Å². The Bertz CT molecular complexity index is 1300. The summed E-state index contributed by atoms with van der Waals surface area (Å²) in [4.78, 5) is 56.3. The van der Waals surface area contributed by atoms with Gasteiger partial charge in [0.25, 0.3) is 11.5 Å². The number of carbonyl (C=O) groups excluding carboxylic acids is 1. The van der Waals surface area contributed by atoms with Crippen molar-refractivity contribution in [1.82, 2.24) is 20.3 Å². The van der Waals surface area contributed by atoms with Crippen LogP contribution < -0.4 is 16.6 Å². The van der Waals surface area contributed by atoms with E-state index in [0.29, 0.717) is 28.8 Å². The number of hydrogen-bond donors (Lipinski definition) is 6. The van der Waals surface area contributed by atoms with Crippen LogP contribution in [0.4, 0.5) is 5.95 Å². The molecule has 0 aromatic carbocycles. The molecule has 0 aliphatic carbocycles. The van der Waals surface area contributed by atoms with Crippen LogP contribution >= 0.6 is 11.3 Å². The number of carboxylic acids is 2. The zero-order chi connectivity index (χ0) is 23.3. The molecular formula is C20H19N5O6S. The Labute approximate surface area is 184 Å². The normalized spacial score (nSPS) is 11.5. The van der Waals surface area contributed by atoms with Gasteiger partial charge in [-0.15, -0.1) is 11.3 Å². The van der Waals surface area contributed by atoms with E-state index in [9.17, 15) is 19.2 Å². The van der Waals surface area contributed by atoms with Crippen LogP contribution in [0.3, 0.4) is 0 Å². The molecule has 0 aliphatic heterocycles. The Kier molecular flexibility index (Phi) is 6.91. The first-order valence-electron chi connectivity index (χ1n) is 9.44. The number of carboxylic acid groups (broad SMARTS) is 2. The maximum atomic E-state index is 12.3. The third kappa shape index (κ3) is 5.73. The van der Waals surface area contributed by atoms with Crippen molar-refractivity contribution in [2.24, 2.45) is 0 Å². The molecule has 7 N–H and O–H groups in total. The van der Waals surface area contributed by atoms with E-state index in [2.05, 4.69) is 32.1 Å². The number of carbonyl (C=O) groups is 3. The first kappa shape index (κ1) is 22.6. The molecule has 32 heavy (non-hydrogen) atoms. The number of aryl methyl sites for hydroxylation is 1. The van der Waals surface area contributed by atoms with Crippen LogP contribution in [0.2, 0.25) is 0 Å². The highest BCUT2D eigenvalue weighted by Crippen LogP contribution is 2.16. The Morgan fingerprint density at radius 3 is 2.75 bits per heavy atom. The van der Waals surface area contributed by atoms with Gasteiger partial charge in [0.2, 0.25) is 5.95 Å². The molecule has 3 aromatic rings. The van der Waals surface area contributed by atoms with E-state index in [0.717, 1.165) is 17.0 Å². The number of fused-ring (bicyclic) bond motifs is 1. The molecule has 0 aliphatic rings. The lowest BCUT2D eigenvalue weighted by atomic mass is 10.1. The lowest BCUT2D eigenvalue weighted by Gasteiger charge is -2.12. The topological polar surface area (TPSA) is 191 Å².